The van der Waals surface area contributed by atoms with Gasteiger partial charge in [0.15, 0.2) is 5.78 Å². The second-order valence-electron chi connectivity index (χ2n) is 4.41. The first-order chi connectivity index (χ1) is 9.63. The van der Waals surface area contributed by atoms with Gasteiger partial charge >= 0.3 is 0 Å². The number of phenolic OH excluding ortho intramolecular Hbond substituents is 1. The van der Waals surface area contributed by atoms with Crippen LogP contribution in [0, 0.1) is 6.92 Å². The van der Waals surface area contributed by atoms with Crippen molar-refractivity contribution in [1.29, 1.82) is 0 Å². The monoisotopic (exact) mass is 268 g/mol. The molecular weight excluding hydrogens is 252 g/mol. The molecule has 2 aromatic carbocycles. The van der Waals surface area contributed by atoms with Gasteiger partial charge in [-0.25, -0.2) is 0 Å². The molecule has 2 rings (SSSR count). The molecule has 3 nitrogen and oxygen atoms in total. The molecule has 0 aliphatic rings. The Balaban J connectivity index is 2.32. The molecule has 3 heteroatoms. The Hall–Kier alpha value is -2.55. The summed E-state index contributed by atoms with van der Waals surface area (Å²) in [6.07, 6.45) is 3.18. The third kappa shape index (κ3) is 2.88. The number of hydrogen-bond donors (Lipinski definition) is 1. The summed E-state index contributed by atoms with van der Waals surface area (Å²) in [4.78, 5) is 12.2. The first kappa shape index (κ1) is 13.9. The van der Waals surface area contributed by atoms with E-state index in [9.17, 15) is 9.90 Å². The largest absolute Gasteiger partial charge is 0.507 e. The number of carbonyl (C=O) groups excluding carboxylic acids is 1. The van der Waals surface area contributed by atoms with Crippen LogP contribution in [-0.2, 0) is 0 Å². The van der Waals surface area contributed by atoms with Crippen molar-refractivity contribution in [3.63, 3.8) is 0 Å². The van der Waals surface area contributed by atoms with Gasteiger partial charge in [0.2, 0.25) is 0 Å². The fourth-order valence-electron chi connectivity index (χ4n) is 1.96. The Kier molecular flexibility index (Phi) is 4.20. The number of ether oxygens (including phenoxy) is 1. The van der Waals surface area contributed by atoms with E-state index in [4.69, 9.17) is 4.74 Å². The van der Waals surface area contributed by atoms with Crippen LogP contribution in [0.25, 0.3) is 6.08 Å². The molecule has 0 aliphatic carbocycles. The standard InChI is InChI=1S/C17H16O3/c1-12-6-3-4-7-13(12)10-11-15(19)17-14(18)8-5-9-16(17)20-2/h3-11,18H,1-2H3/b11-10+. The maximum absolute atomic E-state index is 12.2. The predicted octanol–water partition coefficient (Wildman–Crippen LogP) is 3.61. The van der Waals surface area contributed by atoms with Gasteiger partial charge in [-0.1, -0.05) is 36.4 Å². The molecule has 0 fully saturated rings. The maximum Gasteiger partial charge on any atom is 0.193 e. The molecule has 2 aromatic rings. The van der Waals surface area contributed by atoms with Crippen LogP contribution in [0.4, 0.5) is 0 Å². The van der Waals surface area contributed by atoms with Gasteiger partial charge < -0.3 is 9.84 Å². The highest BCUT2D eigenvalue weighted by Crippen LogP contribution is 2.28. The Labute approximate surface area is 118 Å². The van der Waals surface area contributed by atoms with Crippen molar-refractivity contribution in [3.8, 4) is 11.5 Å². The molecular formula is C17H16O3. The van der Waals surface area contributed by atoms with E-state index in [-0.39, 0.29) is 17.1 Å². The van der Waals surface area contributed by atoms with Crippen molar-refractivity contribution in [3.05, 3.63) is 65.2 Å². The summed E-state index contributed by atoms with van der Waals surface area (Å²) in [7, 11) is 1.47. The number of ketones is 1. The van der Waals surface area contributed by atoms with Gasteiger partial charge in [-0.3, -0.25) is 4.79 Å². The first-order valence-corrected chi connectivity index (χ1v) is 6.27. The molecule has 0 atom stereocenters. The van der Waals surface area contributed by atoms with E-state index in [0.717, 1.165) is 11.1 Å². The highest BCUT2D eigenvalue weighted by atomic mass is 16.5. The zero-order valence-electron chi connectivity index (χ0n) is 11.5. The Morgan fingerprint density at radius 3 is 2.60 bits per heavy atom. The van der Waals surface area contributed by atoms with Gasteiger partial charge in [-0.2, -0.15) is 0 Å². The first-order valence-electron chi connectivity index (χ1n) is 6.27. The van der Waals surface area contributed by atoms with Gasteiger partial charge in [0, 0.05) is 0 Å². The number of aryl methyl sites for hydroxylation is 1. The van der Waals surface area contributed by atoms with Gasteiger partial charge in [-0.05, 0) is 36.3 Å². The number of phenols is 1. The second kappa shape index (κ2) is 6.06. The lowest BCUT2D eigenvalue weighted by Crippen LogP contribution is -1.99. The maximum atomic E-state index is 12.2. The van der Waals surface area contributed by atoms with Crippen LogP contribution in [0.3, 0.4) is 0 Å². The molecule has 0 heterocycles. The highest BCUT2D eigenvalue weighted by Gasteiger charge is 2.14. The quantitative estimate of drug-likeness (QED) is 0.680. The third-order valence-electron chi connectivity index (χ3n) is 3.07. The van der Waals surface area contributed by atoms with E-state index in [0.29, 0.717) is 5.75 Å². The fourth-order valence-corrected chi connectivity index (χ4v) is 1.96. The lowest BCUT2D eigenvalue weighted by molar-refractivity contribution is 0.104. The van der Waals surface area contributed by atoms with Crippen LogP contribution in [0.2, 0.25) is 0 Å². The van der Waals surface area contributed by atoms with Crippen LogP contribution in [-0.4, -0.2) is 18.0 Å². The number of allylic oxidation sites excluding steroid dienone is 1. The molecule has 0 saturated heterocycles. The summed E-state index contributed by atoms with van der Waals surface area (Å²) < 4.78 is 5.11. The number of carbonyl (C=O) groups is 1. The summed E-state index contributed by atoms with van der Waals surface area (Å²) in [5, 5.41) is 9.81. The zero-order valence-corrected chi connectivity index (χ0v) is 11.5. The zero-order chi connectivity index (χ0) is 14.5. The number of rotatable bonds is 4. The molecule has 0 unspecified atom stereocenters. The second-order valence-corrected chi connectivity index (χ2v) is 4.41. The minimum atomic E-state index is -0.289. The summed E-state index contributed by atoms with van der Waals surface area (Å²) in [5.41, 5.74) is 2.23. The van der Waals surface area contributed by atoms with Crippen molar-refractivity contribution in [2.75, 3.05) is 7.11 Å². The molecule has 0 radical (unpaired) electrons. The van der Waals surface area contributed by atoms with E-state index in [1.54, 1.807) is 18.2 Å². The van der Waals surface area contributed by atoms with E-state index >= 15 is 0 Å². The van der Waals surface area contributed by atoms with Crippen molar-refractivity contribution >= 4 is 11.9 Å². The van der Waals surface area contributed by atoms with Crippen LogP contribution in [0.5, 0.6) is 11.5 Å². The van der Waals surface area contributed by atoms with Gasteiger partial charge in [0.25, 0.3) is 0 Å². The van der Waals surface area contributed by atoms with Crippen molar-refractivity contribution < 1.29 is 14.6 Å². The van der Waals surface area contributed by atoms with Gasteiger partial charge in [-0.15, -0.1) is 0 Å². The Bertz CT molecular complexity index is 657. The minimum Gasteiger partial charge on any atom is -0.507 e. The average molecular weight is 268 g/mol. The predicted molar refractivity (Wildman–Crippen MR) is 79.2 cm³/mol. The smallest absolute Gasteiger partial charge is 0.193 e. The summed E-state index contributed by atoms with van der Waals surface area (Å²) in [5.74, 6) is -0.00331. The van der Waals surface area contributed by atoms with Crippen molar-refractivity contribution in [2.45, 2.75) is 6.92 Å². The summed E-state index contributed by atoms with van der Waals surface area (Å²) in [6.45, 7) is 1.98. The molecule has 1 N–H and O–H groups in total. The summed E-state index contributed by atoms with van der Waals surface area (Å²) in [6, 6.07) is 12.5. The highest BCUT2D eigenvalue weighted by molar-refractivity contribution is 6.10. The normalized spacial score (nSPS) is 10.7. The third-order valence-corrected chi connectivity index (χ3v) is 3.07. The van der Waals surface area contributed by atoms with Crippen LogP contribution in [0.15, 0.2) is 48.5 Å². The molecule has 0 bridgehead atoms. The van der Waals surface area contributed by atoms with Crippen molar-refractivity contribution in [1.82, 2.24) is 0 Å². The number of aromatic hydroxyl groups is 1. The fraction of sp³-hybridized carbons (Fsp3) is 0.118. The van der Waals surface area contributed by atoms with Gasteiger partial charge in [0.1, 0.15) is 17.1 Å². The molecule has 0 aromatic heterocycles. The van der Waals surface area contributed by atoms with Crippen LogP contribution < -0.4 is 4.74 Å². The van der Waals surface area contributed by atoms with Crippen molar-refractivity contribution in [2.24, 2.45) is 0 Å². The Morgan fingerprint density at radius 2 is 1.90 bits per heavy atom. The average Bonchev–Trinajstić information content (AvgIpc) is 2.45. The number of benzene rings is 2. The molecule has 0 spiro atoms. The topological polar surface area (TPSA) is 46.5 Å². The van der Waals surface area contributed by atoms with E-state index in [1.807, 2.05) is 31.2 Å². The van der Waals surface area contributed by atoms with Crippen LogP contribution >= 0.6 is 0 Å². The van der Waals surface area contributed by atoms with E-state index < -0.39 is 0 Å². The van der Waals surface area contributed by atoms with Crippen LogP contribution in [0.1, 0.15) is 21.5 Å². The lowest BCUT2D eigenvalue weighted by atomic mass is 10.0. The lowest BCUT2D eigenvalue weighted by Gasteiger charge is -2.07. The molecule has 0 amide bonds. The number of methoxy groups -OCH3 is 1. The van der Waals surface area contributed by atoms with E-state index in [1.165, 1.54) is 19.3 Å². The number of hydrogen-bond acceptors (Lipinski definition) is 3. The molecule has 20 heavy (non-hydrogen) atoms. The van der Waals surface area contributed by atoms with E-state index in [2.05, 4.69) is 0 Å². The Morgan fingerprint density at radius 1 is 1.15 bits per heavy atom. The molecule has 0 aliphatic heterocycles. The summed E-state index contributed by atoms with van der Waals surface area (Å²) >= 11 is 0. The SMILES string of the molecule is COc1cccc(O)c1C(=O)/C=C/c1ccccc1C. The minimum absolute atomic E-state index is 0.0798. The van der Waals surface area contributed by atoms with Gasteiger partial charge in [0.05, 0.1) is 7.11 Å². The molecule has 0 saturated carbocycles. The molecule has 102 valence electrons.